The van der Waals surface area contributed by atoms with E-state index in [1.165, 1.54) is 17.3 Å². The second-order valence-electron chi connectivity index (χ2n) is 7.92. The summed E-state index contributed by atoms with van der Waals surface area (Å²) in [6, 6.07) is 13.9. The highest BCUT2D eigenvalue weighted by Gasteiger charge is 2.39. The molecule has 1 aliphatic heterocycles. The number of imidazole rings is 1. The number of rotatable bonds is 4. The quantitative estimate of drug-likeness (QED) is 0.633. The van der Waals surface area contributed by atoms with Crippen LogP contribution in [0.25, 0.3) is 11.0 Å². The second-order valence-corrected chi connectivity index (χ2v) is 8.88. The molecule has 1 amide bonds. The van der Waals surface area contributed by atoms with E-state index < -0.39 is 0 Å². The molecule has 2 aromatic carbocycles. The predicted molar refractivity (Wildman–Crippen MR) is 114 cm³/mol. The molecule has 1 atom stereocenters. The highest BCUT2D eigenvalue weighted by atomic mass is 32.2. The average Bonchev–Trinajstić information content (AvgIpc) is 3.08. The zero-order chi connectivity index (χ0) is 19.9. The molecule has 1 aliphatic rings. The number of anilines is 1. The van der Waals surface area contributed by atoms with Crippen LogP contribution in [-0.2, 0) is 4.79 Å². The molecule has 0 aliphatic carbocycles. The number of hydrogen-bond acceptors (Lipinski definition) is 4. The summed E-state index contributed by atoms with van der Waals surface area (Å²) < 4.78 is 5.39. The number of nitrogens with one attached hydrogen (secondary N) is 1. The molecule has 0 radical (unpaired) electrons. The second kappa shape index (κ2) is 7.17. The highest BCUT2D eigenvalue weighted by Crippen LogP contribution is 2.44. The maximum atomic E-state index is 13.3. The topological polar surface area (TPSA) is 58.2 Å². The molecule has 5 nitrogen and oxygen atoms in total. The number of benzene rings is 2. The summed E-state index contributed by atoms with van der Waals surface area (Å²) in [4.78, 5) is 23.1. The van der Waals surface area contributed by atoms with Crippen molar-refractivity contribution in [3.63, 3.8) is 0 Å². The monoisotopic (exact) mass is 395 g/mol. The first-order valence-corrected chi connectivity index (χ1v) is 10.5. The molecule has 2 heterocycles. The normalized spacial score (nSPS) is 18.1. The third kappa shape index (κ3) is 3.37. The first kappa shape index (κ1) is 18.9. The zero-order valence-electron chi connectivity index (χ0n) is 16.7. The van der Waals surface area contributed by atoms with E-state index in [0.29, 0.717) is 11.7 Å². The van der Waals surface area contributed by atoms with Crippen molar-refractivity contribution in [2.24, 2.45) is 0 Å². The average molecular weight is 396 g/mol. The molecule has 0 spiro atoms. The summed E-state index contributed by atoms with van der Waals surface area (Å²) in [6.45, 7) is 6.49. The highest BCUT2D eigenvalue weighted by molar-refractivity contribution is 7.99. The van der Waals surface area contributed by atoms with E-state index >= 15 is 0 Å². The van der Waals surface area contributed by atoms with E-state index in [9.17, 15) is 4.79 Å². The number of para-hydroxylation sites is 2. The minimum atomic E-state index is -0.244. The van der Waals surface area contributed by atoms with E-state index in [0.717, 1.165) is 34.0 Å². The van der Waals surface area contributed by atoms with Gasteiger partial charge in [-0.3, -0.25) is 4.79 Å². The molecule has 0 bridgehead atoms. The number of H-pyrrole nitrogens is 1. The smallest absolute Gasteiger partial charge is 0.237 e. The maximum Gasteiger partial charge on any atom is 0.237 e. The maximum absolute atomic E-state index is 13.3. The number of ether oxygens (including phenoxy) is 1. The summed E-state index contributed by atoms with van der Waals surface area (Å²) in [6.07, 6.45) is 0.911. The van der Waals surface area contributed by atoms with Gasteiger partial charge in [0.1, 0.15) is 5.75 Å². The Labute approximate surface area is 169 Å². The lowest BCUT2D eigenvalue weighted by Gasteiger charge is -2.46. The van der Waals surface area contributed by atoms with E-state index in [4.69, 9.17) is 4.74 Å². The fourth-order valence-corrected chi connectivity index (χ4v) is 4.93. The predicted octanol–water partition coefficient (Wildman–Crippen LogP) is 4.98. The number of thioether (sulfide) groups is 1. The number of aromatic amines is 1. The third-order valence-electron chi connectivity index (χ3n) is 5.37. The van der Waals surface area contributed by atoms with Crippen LogP contribution in [0.2, 0.25) is 0 Å². The first-order chi connectivity index (χ1) is 13.4. The molecular weight excluding hydrogens is 370 g/mol. The van der Waals surface area contributed by atoms with Crippen LogP contribution in [0.1, 0.15) is 38.7 Å². The summed E-state index contributed by atoms with van der Waals surface area (Å²) >= 11 is 1.45. The number of aromatic nitrogens is 2. The van der Waals surface area contributed by atoms with Gasteiger partial charge in [-0.2, -0.15) is 0 Å². The first-order valence-electron chi connectivity index (χ1n) is 9.47. The van der Waals surface area contributed by atoms with Crippen molar-refractivity contribution in [2.45, 2.75) is 43.8 Å². The molecule has 1 N–H and O–H groups in total. The minimum Gasteiger partial charge on any atom is -0.497 e. The molecule has 0 unspecified atom stereocenters. The molecule has 0 fully saturated rings. The van der Waals surface area contributed by atoms with Crippen molar-refractivity contribution in [3.8, 4) is 5.75 Å². The Morgan fingerprint density at radius 3 is 2.86 bits per heavy atom. The summed E-state index contributed by atoms with van der Waals surface area (Å²) in [5.41, 5.74) is 3.82. The molecule has 1 aromatic heterocycles. The Bertz CT molecular complexity index is 995. The molecule has 146 valence electrons. The van der Waals surface area contributed by atoms with Crippen molar-refractivity contribution < 1.29 is 9.53 Å². The molecule has 0 saturated carbocycles. The van der Waals surface area contributed by atoms with Gasteiger partial charge in [-0.25, -0.2) is 4.98 Å². The van der Waals surface area contributed by atoms with Crippen LogP contribution in [-0.4, -0.2) is 34.3 Å². The Hall–Kier alpha value is -2.47. The van der Waals surface area contributed by atoms with Crippen LogP contribution in [0.15, 0.2) is 47.6 Å². The number of hydrogen-bond donors (Lipinski definition) is 1. The molecule has 3 aromatic rings. The minimum absolute atomic E-state index is 0.0915. The number of nitrogens with zero attached hydrogens (tertiary/aromatic N) is 2. The lowest BCUT2D eigenvalue weighted by molar-refractivity contribution is -0.117. The summed E-state index contributed by atoms with van der Waals surface area (Å²) in [5.74, 6) is 1.62. The van der Waals surface area contributed by atoms with Gasteiger partial charge < -0.3 is 14.6 Å². The van der Waals surface area contributed by atoms with Crippen molar-refractivity contribution >= 4 is 34.4 Å². The van der Waals surface area contributed by atoms with Crippen LogP contribution < -0.4 is 9.64 Å². The summed E-state index contributed by atoms with van der Waals surface area (Å²) in [7, 11) is 1.67. The van der Waals surface area contributed by atoms with E-state index in [2.05, 4.69) is 36.8 Å². The van der Waals surface area contributed by atoms with Crippen molar-refractivity contribution in [1.29, 1.82) is 0 Å². The van der Waals surface area contributed by atoms with E-state index in [1.807, 2.05) is 41.3 Å². The number of amides is 1. The van der Waals surface area contributed by atoms with Crippen molar-refractivity contribution in [2.75, 3.05) is 17.8 Å². The summed E-state index contributed by atoms with van der Waals surface area (Å²) in [5, 5.41) is 0.771. The zero-order valence-corrected chi connectivity index (χ0v) is 17.5. The van der Waals surface area contributed by atoms with Crippen LogP contribution in [0, 0.1) is 0 Å². The fraction of sp³-hybridized carbons (Fsp3) is 0.364. The Balaban J connectivity index is 1.59. The lowest BCUT2D eigenvalue weighted by Crippen LogP contribution is -2.52. The molecule has 28 heavy (non-hydrogen) atoms. The Morgan fingerprint density at radius 2 is 2.11 bits per heavy atom. The number of carbonyl (C=O) groups is 1. The Morgan fingerprint density at radius 1 is 1.32 bits per heavy atom. The number of fused-ring (bicyclic) bond motifs is 2. The van der Waals surface area contributed by atoms with Gasteiger partial charge in [-0.15, -0.1) is 0 Å². The van der Waals surface area contributed by atoms with Gasteiger partial charge in [0, 0.05) is 11.2 Å². The van der Waals surface area contributed by atoms with E-state index in [-0.39, 0.29) is 11.4 Å². The lowest BCUT2D eigenvalue weighted by atomic mass is 9.80. The largest absolute Gasteiger partial charge is 0.497 e. The van der Waals surface area contributed by atoms with Gasteiger partial charge in [-0.05, 0) is 62.1 Å². The van der Waals surface area contributed by atoms with Gasteiger partial charge in [-0.1, -0.05) is 30.8 Å². The van der Waals surface area contributed by atoms with Gasteiger partial charge in [0.15, 0.2) is 5.16 Å². The van der Waals surface area contributed by atoms with Crippen molar-refractivity contribution in [1.82, 2.24) is 9.97 Å². The number of carbonyl (C=O) groups excluding carboxylic acids is 1. The SMILES string of the molecule is COc1ccc2c(c1)[C@H](C)CC(C)(C)N2C(=O)CSc1nc2ccccc2[nH]1. The third-order valence-corrected chi connectivity index (χ3v) is 6.23. The fourth-order valence-electron chi connectivity index (χ4n) is 4.20. The van der Waals surface area contributed by atoms with Crippen LogP contribution >= 0.6 is 11.8 Å². The standard InChI is InChI=1S/C22H25N3O2S/c1-14-12-22(2,3)25(19-10-9-15(27-4)11-16(14)19)20(26)13-28-21-23-17-7-5-6-8-18(17)24-21/h5-11,14H,12-13H2,1-4H3,(H,23,24)/t14-/m1/s1. The van der Waals surface area contributed by atoms with Crippen molar-refractivity contribution in [3.05, 3.63) is 48.0 Å². The van der Waals surface area contributed by atoms with E-state index in [1.54, 1.807) is 7.11 Å². The molecule has 0 saturated heterocycles. The van der Waals surface area contributed by atoms with Crippen LogP contribution in [0.3, 0.4) is 0 Å². The molecular formula is C22H25N3O2S. The molecule has 6 heteroatoms. The van der Waals surface area contributed by atoms with Gasteiger partial charge in [0.05, 0.1) is 23.9 Å². The van der Waals surface area contributed by atoms with Gasteiger partial charge in [0.25, 0.3) is 0 Å². The van der Waals surface area contributed by atoms with Crippen LogP contribution in [0.4, 0.5) is 5.69 Å². The molecule has 4 rings (SSSR count). The van der Waals surface area contributed by atoms with Gasteiger partial charge >= 0.3 is 0 Å². The Kier molecular flexibility index (Phi) is 4.83. The van der Waals surface area contributed by atoms with Gasteiger partial charge in [0.2, 0.25) is 5.91 Å². The van der Waals surface area contributed by atoms with Crippen LogP contribution in [0.5, 0.6) is 5.75 Å². The number of methoxy groups -OCH3 is 1.